The van der Waals surface area contributed by atoms with Gasteiger partial charge in [-0.25, -0.2) is 4.98 Å². The molecule has 0 fully saturated rings. The third-order valence-electron chi connectivity index (χ3n) is 3.92. The van der Waals surface area contributed by atoms with Crippen molar-refractivity contribution in [2.75, 3.05) is 0 Å². The van der Waals surface area contributed by atoms with Crippen LogP contribution in [0.5, 0.6) is 0 Å². The molecule has 0 amide bonds. The minimum absolute atomic E-state index is 0.451. The van der Waals surface area contributed by atoms with Gasteiger partial charge in [-0.1, -0.05) is 24.3 Å². The predicted octanol–water partition coefficient (Wildman–Crippen LogP) is 4.65. The van der Waals surface area contributed by atoms with Crippen LogP contribution in [-0.4, -0.2) is 14.5 Å². The van der Waals surface area contributed by atoms with Gasteiger partial charge in [0.2, 0.25) is 0 Å². The van der Waals surface area contributed by atoms with E-state index >= 15 is 0 Å². The number of pyridine rings is 2. The topological polar surface area (TPSA) is 30.7 Å². The third-order valence-corrected chi connectivity index (χ3v) is 3.92. The molecule has 0 aliphatic heterocycles. The van der Waals surface area contributed by atoms with Crippen LogP contribution >= 0.6 is 0 Å². The van der Waals surface area contributed by atoms with Crippen molar-refractivity contribution in [1.82, 2.24) is 14.5 Å². The molecule has 1 aromatic carbocycles. The minimum Gasteiger partial charge on any atom is -0.327 e. The van der Waals surface area contributed by atoms with Crippen LogP contribution in [-0.2, 0) is 12.7 Å². The van der Waals surface area contributed by atoms with E-state index in [4.69, 9.17) is 0 Å². The van der Waals surface area contributed by atoms with Crippen LogP contribution in [0.15, 0.2) is 60.9 Å². The Morgan fingerprint density at radius 3 is 2.62 bits per heavy atom. The molecule has 0 aliphatic carbocycles. The van der Waals surface area contributed by atoms with Crippen molar-refractivity contribution in [3.63, 3.8) is 0 Å². The summed E-state index contributed by atoms with van der Waals surface area (Å²) in [5.74, 6) is 0. The van der Waals surface area contributed by atoms with Crippen molar-refractivity contribution >= 4 is 21.9 Å². The number of halogens is 3. The van der Waals surface area contributed by atoms with Gasteiger partial charge in [0.25, 0.3) is 0 Å². The standard InChI is InChI=1S/C18H12F3N3/c19-18(20,21)14-9-13-7-8-24(17(13)22-10-14)11-15-6-5-12-3-1-2-4-16(12)23-15/h1-10H,11H2. The first kappa shape index (κ1) is 14.7. The number of fused-ring (bicyclic) bond motifs is 2. The highest BCUT2D eigenvalue weighted by molar-refractivity contribution is 5.79. The first-order chi connectivity index (χ1) is 11.5. The maximum absolute atomic E-state index is 12.8. The Morgan fingerprint density at radius 1 is 0.958 bits per heavy atom. The number of aromatic nitrogens is 3. The lowest BCUT2D eigenvalue weighted by molar-refractivity contribution is -0.137. The lowest BCUT2D eigenvalue weighted by Crippen LogP contribution is -2.06. The highest BCUT2D eigenvalue weighted by Crippen LogP contribution is 2.30. The summed E-state index contributed by atoms with van der Waals surface area (Å²) in [6.45, 7) is 0.451. The zero-order chi connectivity index (χ0) is 16.7. The molecule has 24 heavy (non-hydrogen) atoms. The summed E-state index contributed by atoms with van der Waals surface area (Å²) >= 11 is 0. The molecule has 0 bridgehead atoms. The molecule has 0 aliphatic rings. The molecule has 3 nitrogen and oxygen atoms in total. The Morgan fingerprint density at radius 2 is 1.79 bits per heavy atom. The van der Waals surface area contributed by atoms with Crippen molar-refractivity contribution in [2.45, 2.75) is 12.7 Å². The molecular weight excluding hydrogens is 315 g/mol. The second kappa shape index (κ2) is 5.33. The first-order valence-corrected chi connectivity index (χ1v) is 7.37. The van der Waals surface area contributed by atoms with E-state index in [1.165, 1.54) is 0 Å². The molecule has 3 heterocycles. The molecule has 0 atom stereocenters. The molecule has 0 saturated carbocycles. The Hall–Kier alpha value is -2.89. The van der Waals surface area contributed by atoms with Gasteiger partial charge in [0.15, 0.2) is 0 Å². The fourth-order valence-corrected chi connectivity index (χ4v) is 2.73. The average Bonchev–Trinajstić information content (AvgIpc) is 2.96. The number of hydrogen-bond acceptors (Lipinski definition) is 2. The molecule has 0 unspecified atom stereocenters. The Labute approximate surface area is 135 Å². The van der Waals surface area contributed by atoms with Crippen molar-refractivity contribution in [3.05, 3.63) is 72.2 Å². The highest BCUT2D eigenvalue weighted by atomic mass is 19.4. The molecule has 0 radical (unpaired) electrons. The van der Waals surface area contributed by atoms with Crippen LogP contribution in [0.1, 0.15) is 11.3 Å². The van der Waals surface area contributed by atoms with Crippen LogP contribution in [0.2, 0.25) is 0 Å². The predicted molar refractivity (Wildman–Crippen MR) is 85.6 cm³/mol. The highest BCUT2D eigenvalue weighted by Gasteiger charge is 2.31. The summed E-state index contributed by atoms with van der Waals surface area (Å²) in [4.78, 5) is 8.57. The molecule has 0 saturated heterocycles. The van der Waals surface area contributed by atoms with E-state index in [0.29, 0.717) is 17.6 Å². The zero-order valence-electron chi connectivity index (χ0n) is 12.5. The van der Waals surface area contributed by atoms with E-state index in [2.05, 4.69) is 9.97 Å². The monoisotopic (exact) mass is 327 g/mol. The van der Waals surface area contributed by atoms with Crippen LogP contribution in [0, 0.1) is 0 Å². The molecule has 6 heteroatoms. The fraction of sp³-hybridized carbons (Fsp3) is 0.111. The van der Waals surface area contributed by atoms with Crippen molar-refractivity contribution in [2.24, 2.45) is 0 Å². The SMILES string of the molecule is FC(F)(F)c1cnc2c(ccn2Cc2ccc3ccccc3n2)c1. The second-order valence-corrected chi connectivity index (χ2v) is 5.57. The van der Waals surface area contributed by atoms with Crippen LogP contribution in [0.25, 0.3) is 21.9 Å². The van der Waals surface area contributed by atoms with Gasteiger partial charge in [-0.05, 0) is 24.3 Å². The molecule has 3 aromatic heterocycles. The largest absolute Gasteiger partial charge is 0.417 e. The van der Waals surface area contributed by atoms with Crippen molar-refractivity contribution < 1.29 is 13.2 Å². The van der Waals surface area contributed by atoms with E-state index in [9.17, 15) is 13.2 Å². The third kappa shape index (κ3) is 2.60. The van der Waals surface area contributed by atoms with E-state index in [0.717, 1.165) is 28.9 Å². The summed E-state index contributed by atoms with van der Waals surface area (Å²) in [5, 5.41) is 1.51. The minimum atomic E-state index is -4.39. The number of para-hydroxylation sites is 1. The van der Waals surface area contributed by atoms with E-state index in [1.54, 1.807) is 16.8 Å². The average molecular weight is 327 g/mol. The van der Waals surface area contributed by atoms with Gasteiger partial charge in [-0.15, -0.1) is 0 Å². The van der Waals surface area contributed by atoms with Gasteiger partial charge in [0, 0.05) is 23.2 Å². The van der Waals surface area contributed by atoms with Crippen LogP contribution < -0.4 is 0 Å². The van der Waals surface area contributed by atoms with E-state index < -0.39 is 11.7 Å². The smallest absolute Gasteiger partial charge is 0.327 e. The molecule has 4 rings (SSSR count). The summed E-state index contributed by atoms with van der Waals surface area (Å²) in [5.41, 5.74) is 1.49. The summed E-state index contributed by atoms with van der Waals surface area (Å²) < 4.78 is 40.1. The van der Waals surface area contributed by atoms with Gasteiger partial charge >= 0.3 is 6.18 Å². The van der Waals surface area contributed by atoms with Crippen molar-refractivity contribution in [3.8, 4) is 0 Å². The zero-order valence-corrected chi connectivity index (χ0v) is 12.5. The molecule has 120 valence electrons. The Balaban J connectivity index is 1.71. The number of benzene rings is 1. The lowest BCUT2D eigenvalue weighted by Gasteiger charge is -2.08. The quantitative estimate of drug-likeness (QED) is 0.536. The molecular formula is C18H12F3N3. The van der Waals surface area contributed by atoms with E-state index in [-0.39, 0.29) is 0 Å². The number of hydrogen-bond donors (Lipinski definition) is 0. The fourth-order valence-electron chi connectivity index (χ4n) is 2.73. The van der Waals surface area contributed by atoms with Gasteiger partial charge in [-0.3, -0.25) is 4.98 Å². The number of alkyl halides is 3. The maximum Gasteiger partial charge on any atom is 0.417 e. The summed E-state index contributed by atoms with van der Waals surface area (Å²) in [6.07, 6.45) is -1.79. The lowest BCUT2D eigenvalue weighted by atomic mass is 10.2. The normalized spacial score (nSPS) is 12.1. The molecule has 0 N–H and O–H groups in total. The second-order valence-electron chi connectivity index (χ2n) is 5.57. The van der Waals surface area contributed by atoms with Gasteiger partial charge < -0.3 is 4.57 Å². The maximum atomic E-state index is 12.8. The summed E-state index contributed by atoms with van der Waals surface area (Å²) in [6, 6.07) is 14.4. The van der Waals surface area contributed by atoms with Gasteiger partial charge in [0.05, 0.1) is 23.3 Å². The molecule has 4 aromatic rings. The first-order valence-electron chi connectivity index (χ1n) is 7.37. The molecule has 0 spiro atoms. The van der Waals surface area contributed by atoms with Crippen LogP contribution in [0.3, 0.4) is 0 Å². The van der Waals surface area contributed by atoms with Crippen LogP contribution in [0.4, 0.5) is 13.2 Å². The number of nitrogens with zero attached hydrogens (tertiary/aromatic N) is 3. The Bertz CT molecular complexity index is 1030. The van der Waals surface area contributed by atoms with E-state index in [1.807, 2.05) is 36.4 Å². The van der Waals surface area contributed by atoms with Gasteiger partial charge in [-0.2, -0.15) is 13.2 Å². The van der Waals surface area contributed by atoms with Crippen molar-refractivity contribution in [1.29, 1.82) is 0 Å². The number of rotatable bonds is 2. The van der Waals surface area contributed by atoms with Gasteiger partial charge in [0.1, 0.15) is 5.65 Å². The Kier molecular flexibility index (Phi) is 3.26. The summed E-state index contributed by atoms with van der Waals surface area (Å²) in [7, 11) is 0.